The van der Waals surface area contributed by atoms with Crippen LogP contribution in [0.4, 0.5) is 0 Å². The lowest BCUT2D eigenvalue weighted by atomic mass is 10.1. The first-order valence-electron chi connectivity index (χ1n) is 4.44. The van der Waals surface area contributed by atoms with E-state index in [4.69, 9.17) is 0 Å². The van der Waals surface area contributed by atoms with Gasteiger partial charge < -0.3 is 5.32 Å². The number of aromatic nitrogens is 1. The zero-order valence-corrected chi connectivity index (χ0v) is 8.97. The fourth-order valence-corrected chi connectivity index (χ4v) is 1.77. The molecule has 0 bridgehead atoms. The van der Waals surface area contributed by atoms with Crippen LogP contribution in [0.2, 0.25) is 0 Å². The Morgan fingerprint density at radius 2 is 2.46 bits per heavy atom. The van der Waals surface area contributed by atoms with Crippen molar-refractivity contribution in [3.05, 3.63) is 30.1 Å². The smallest absolute Gasteiger partial charge is 0.0340 e. The van der Waals surface area contributed by atoms with Crippen LogP contribution in [0.15, 0.2) is 24.5 Å². The number of thioether (sulfide) groups is 1. The molecule has 13 heavy (non-hydrogen) atoms. The molecule has 0 amide bonds. The molecule has 2 nitrogen and oxygen atoms in total. The van der Waals surface area contributed by atoms with E-state index in [9.17, 15) is 0 Å². The van der Waals surface area contributed by atoms with E-state index in [-0.39, 0.29) is 0 Å². The Morgan fingerprint density at radius 3 is 3.00 bits per heavy atom. The molecule has 3 heteroatoms. The van der Waals surface area contributed by atoms with Gasteiger partial charge in [-0.15, -0.1) is 0 Å². The van der Waals surface area contributed by atoms with E-state index in [2.05, 4.69) is 22.6 Å². The quantitative estimate of drug-likeness (QED) is 0.780. The fraction of sp³-hybridized carbons (Fsp3) is 0.500. The maximum atomic E-state index is 4.11. The molecule has 0 aliphatic heterocycles. The van der Waals surface area contributed by atoms with Gasteiger partial charge in [-0.05, 0) is 37.1 Å². The molecule has 0 aromatic carbocycles. The molecule has 1 N–H and O–H groups in total. The predicted octanol–water partition coefficient (Wildman–Crippen LogP) is 2.10. The summed E-state index contributed by atoms with van der Waals surface area (Å²) in [5.74, 6) is 1.18. The van der Waals surface area contributed by atoms with E-state index in [0.29, 0.717) is 6.04 Å². The summed E-state index contributed by atoms with van der Waals surface area (Å²) < 4.78 is 0. The highest BCUT2D eigenvalue weighted by Gasteiger charge is 2.07. The van der Waals surface area contributed by atoms with Crippen molar-refractivity contribution in [1.82, 2.24) is 10.3 Å². The molecule has 72 valence electrons. The van der Waals surface area contributed by atoms with Crippen LogP contribution in [0.25, 0.3) is 0 Å². The number of hydrogen-bond acceptors (Lipinski definition) is 3. The highest BCUT2D eigenvalue weighted by Crippen LogP contribution is 2.16. The third kappa shape index (κ3) is 3.36. The van der Waals surface area contributed by atoms with E-state index < -0.39 is 0 Å². The van der Waals surface area contributed by atoms with Gasteiger partial charge >= 0.3 is 0 Å². The molecule has 0 saturated heterocycles. The van der Waals surface area contributed by atoms with Gasteiger partial charge in [0.25, 0.3) is 0 Å². The number of nitrogens with zero attached hydrogens (tertiary/aromatic N) is 1. The summed E-state index contributed by atoms with van der Waals surface area (Å²) in [6, 6.07) is 4.55. The second kappa shape index (κ2) is 6.00. The molecule has 1 unspecified atom stereocenters. The monoisotopic (exact) mass is 196 g/mol. The maximum Gasteiger partial charge on any atom is 0.0340 e. The average molecular weight is 196 g/mol. The summed E-state index contributed by atoms with van der Waals surface area (Å²) >= 11 is 1.88. The Labute approximate surface area is 84.1 Å². The molecule has 0 radical (unpaired) electrons. The minimum Gasteiger partial charge on any atom is -0.313 e. The van der Waals surface area contributed by atoms with Crippen LogP contribution in [-0.2, 0) is 0 Å². The molecule has 1 aromatic heterocycles. The molecule has 1 aromatic rings. The Kier molecular flexibility index (Phi) is 4.86. The normalized spacial score (nSPS) is 12.8. The Bertz CT molecular complexity index is 226. The summed E-state index contributed by atoms with van der Waals surface area (Å²) in [4.78, 5) is 4.11. The van der Waals surface area contributed by atoms with Crippen LogP contribution in [0.1, 0.15) is 18.0 Å². The van der Waals surface area contributed by atoms with Crippen LogP contribution < -0.4 is 5.32 Å². The molecule has 0 spiro atoms. The standard InChI is InChI=1S/C10H16N2S/c1-11-10(5-7-13-2)9-4-3-6-12-8-9/h3-4,6,8,10-11H,5,7H2,1-2H3. The van der Waals surface area contributed by atoms with Crippen molar-refractivity contribution in [3.63, 3.8) is 0 Å². The number of nitrogens with one attached hydrogen (secondary N) is 1. The molecular formula is C10H16N2S. The molecule has 1 heterocycles. The number of pyridine rings is 1. The van der Waals surface area contributed by atoms with Crippen LogP contribution in [0, 0.1) is 0 Å². The lowest BCUT2D eigenvalue weighted by Gasteiger charge is -2.14. The van der Waals surface area contributed by atoms with Gasteiger partial charge in [-0.1, -0.05) is 6.07 Å². The minimum atomic E-state index is 0.446. The van der Waals surface area contributed by atoms with Crippen LogP contribution >= 0.6 is 11.8 Å². The zero-order valence-electron chi connectivity index (χ0n) is 8.16. The fourth-order valence-electron chi connectivity index (χ4n) is 1.30. The van der Waals surface area contributed by atoms with Gasteiger partial charge in [0.1, 0.15) is 0 Å². The number of rotatable bonds is 5. The summed E-state index contributed by atoms with van der Waals surface area (Å²) in [6.07, 6.45) is 7.03. The minimum absolute atomic E-state index is 0.446. The first kappa shape index (κ1) is 10.5. The third-order valence-corrected chi connectivity index (χ3v) is 2.69. The summed E-state index contributed by atoms with van der Waals surface area (Å²) in [5, 5.41) is 3.30. The van der Waals surface area contributed by atoms with E-state index in [0.717, 1.165) is 6.42 Å². The predicted molar refractivity (Wildman–Crippen MR) is 59.0 cm³/mol. The summed E-state index contributed by atoms with van der Waals surface area (Å²) in [5.41, 5.74) is 1.28. The molecular weight excluding hydrogens is 180 g/mol. The molecule has 0 fully saturated rings. The zero-order chi connectivity index (χ0) is 9.52. The Hall–Kier alpha value is -0.540. The second-order valence-electron chi connectivity index (χ2n) is 2.91. The summed E-state index contributed by atoms with van der Waals surface area (Å²) in [6.45, 7) is 0. The molecule has 0 aliphatic carbocycles. The van der Waals surface area contributed by atoms with E-state index >= 15 is 0 Å². The van der Waals surface area contributed by atoms with Crippen molar-refractivity contribution in [3.8, 4) is 0 Å². The van der Waals surface area contributed by atoms with E-state index in [1.54, 1.807) is 0 Å². The molecule has 1 atom stereocenters. The van der Waals surface area contributed by atoms with Crippen molar-refractivity contribution in [2.45, 2.75) is 12.5 Å². The first-order chi connectivity index (χ1) is 6.38. The highest BCUT2D eigenvalue weighted by molar-refractivity contribution is 7.98. The van der Waals surface area contributed by atoms with E-state index in [1.165, 1.54) is 11.3 Å². The average Bonchev–Trinajstić information content (AvgIpc) is 2.21. The third-order valence-electron chi connectivity index (χ3n) is 2.05. The van der Waals surface area contributed by atoms with Crippen molar-refractivity contribution < 1.29 is 0 Å². The second-order valence-corrected chi connectivity index (χ2v) is 3.89. The van der Waals surface area contributed by atoms with Crippen molar-refractivity contribution in [2.24, 2.45) is 0 Å². The summed E-state index contributed by atoms with van der Waals surface area (Å²) in [7, 11) is 2.00. The number of hydrogen-bond donors (Lipinski definition) is 1. The van der Waals surface area contributed by atoms with Crippen LogP contribution in [0.3, 0.4) is 0 Å². The Balaban J connectivity index is 2.56. The van der Waals surface area contributed by atoms with Gasteiger partial charge in [0.2, 0.25) is 0 Å². The van der Waals surface area contributed by atoms with Gasteiger partial charge in [0.15, 0.2) is 0 Å². The SMILES string of the molecule is CNC(CCSC)c1cccnc1. The van der Waals surface area contributed by atoms with Crippen LogP contribution in [-0.4, -0.2) is 24.0 Å². The van der Waals surface area contributed by atoms with E-state index in [1.807, 2.05) is 37.3 Å². The largest absolute Gasteiger partial charge is 0.313 e. The van der Waals surface area contributed by atoms with Gasteiger partial charge in [0.05, 0.1) is 0 Å². The van der Waals surface area contributed by atoms with Gasteiger partial charge in [-0.2, -0.15) is 11.8 Å². The lowest BCUT2D eigenvalue weighted by molar-refractivity contribution is 0.579. The van der Waals surface area contributed by atoms with Crippen molar-refractivity contribution in [2.75, 3.05) is 19.1 Å². The first-order valence-corrected chi connectivity index (χ1v) is 5.84. The van der Waals surface area contributed by atoms with Crippen LogP contribution in [0.5, 0.6) is 0 Å². The molecule has 0 aliphatic rings. The van der Waals surface area contributed by atoms with Crippen molar-refractivity contribution in [1.29, 1.82) is 0 Å². The van der Waals surface area contributed by atoms with Gasteiger partial charge in [-0.25, -0.2) is 0 Å². The topological polar surface area (TPSA) is 24.9 Å². The molecule has 0 saturated carbocycles. The van der Waals surface area contributed by atoms with Gasteiger partial charge in [-0.3, -0.25) is 4.98 Å². The maximum absolute atomic E-state index is 4.11. The lowest BCUT2D eigenvalue weighted by Crippen LogP contribution is -2.17. The van der Waals surface area contributed by atoms with Gasteiger partial charge in [0, 0.05) is 18.4 Å². The molecule has 1 rings (SSSR count). The Morgan fingerprint density at radius 1 is 1.62 bits per heavy atom. The van der Waals surface area contributed by atoms with Crippen molar-refractivity contribution >= 4 is 11.8 Å². The highest BCUT2D eigenvalue weighted by atomic mass is 32.2.